The van der Waals surface area contributed by atoms with Gasteiger partial charge in [0, 0.05) is 0 Å². The molecule has 0 bridgehead atoms. The minimum atomic E-state index is -5.84. The molecule has 0 atom stereocenters. The number of hydrogen-bond donors (Lipinski definition) is 1. The summed E-state index contributed by atoms with van der Waals surface area (Å²) in [5, 5.41) is 9.85. The average molecular weight is 987 g/mol. The van der Waals surface area contributed by atoms with E-state index in [9.17, 15) is 13.2 Å². The molecule has 8 aromatic carbocycles. The maximum absolute atomic E-state index is 10.7. The molecule has 0 saturated carbocycles. The Morgan fingerprint density at radius 3 is 0.806 bits per heavy atom. The first-order valence-electron chi connectivity index (χ1n) is 19.3. The van der Waals surface area contributed by atoms with Crippen LogP contribution in [0.2, 0.25) is 0 Å². The van der Waals surface area contributed by atoms with E-state index in [-0.39, 0.29) is 19.5 Å². The third kappa shape index (κ3) is 14.5. The summed E-state index contributed by atoms with van der Waals surface area (Å²) in [6.45, 7) is 0. The minimum Gasteiger partial charge on any atom is -0.279 e. The van der Waals surface area contributed by atoms with Crippen molar-refractivity contribution in [3.8, 4) is 0 Å². The fourth-order valence-corrected chi connectivity index (χ4v) is 13.2. The second kappa shape index (κ2) is 24.3. The van der Waals surface area contributed by atoms with Crippen LogP contribution in [0.4, 0.5) is 13.2 Å². The van der Waals surface area contributed by atoms with Crippen molar-refractivity contribution in [2.45, 2.75) is 17.8 Å². The first-order valence-corrected chi connectivity index (χ1v) is 25.1. The molecule has 62 heavy (non-hydrogen) atoms. The van der Waals surface area contributed by atoms with Crippen molar-refractivity contribution in [3.05, 3.63) is 248 Å². The van der Waals surface area contributed by atoms with Gasteiger partial charge in [0.2, 0.25) is 0 Å². The number of alkyl halides is 3. The zero-order valence-corrected chi connectivity index (χ0v) is 38.6. The molecule has 3 nitrogen and oxygen atoms in total. The van der Waals surface area contributed by atoms with Crippen molar-refractivity contribution >= 4 is 71.0 Å². The molecule has 1 N–H and O–H groups in total. The summed E-state index contributed by atoms with van der Waals surface area (Å²) < 4.78 is 57.5. The van der Waals surface area contributed by atoms with Crippen LogP contribution in [0.1, 0.15) is 11.1 Å². The quantitative estimate of drug-likeness (QED) is 0.0462. The predicted octanol–water partition coefficient (Wildman–Crippen LogP) is 10.6. The largest absolute Gasteiger partial charge is 1.00 e. The van der Waals surface area contributed by atoms with Crippen molar-refractivity contribution in [1.82, 2.24) is 0 Å². The summed E-state index contributed by atoms with van der Waals surface area (Å²) in [7, 11) is -7.23. The van der Waals surface area contributed by atoms with Crippen LogP contribution in [0.3, 0.4) is 0 Å². The third-order valence-corrected chi connectivity index (χ3v) is 17.2. The summed E-state index contributed by atoms with van der Waals surface area (Å²) in [5.74, 6) is 0. The van der Waals surface area contributed by atoms with Crippen molar-refractivity contribution < 1.29 is 45.6 Å². The summed E-state index contributed by atoms with van der Waals surface area (Å²) in [4.78, 5) is 0. The molecule has 0 spiro atoms. The van der Waals surface area contributed by atoms with Gasteiger partial charge in [0.05, 0.1) is 0 Å². The fraction of sp³-hybridized carbons (Fsp3) is 0.0588. The molecule has 8 rings (SSSR count). The van der Waals surface area contributed by atoms with Gasteiger partial charge < -0.3 is 0 Å². The Labute approximate surface area is 379 Å². The number of hydrogen-bond acceptors (Lipinski definition) is 2. The van der Waals surface area contributed by atoms with Gasteiger partial charge in [-0.15, -0.1) is 0 Å². The first kappa shape index (κ1) is 48.4. The molecule has 0 aliphatic rings. The monoisotopic (exact) mass is 987 g/mol. The molecule has 0 fully saturated rings. The van der Waals surface area contributed by atoms with E-state index in [1.54, 1.807) is 0 Å². The Hall–Kier alpha value is -4.63. The molecule has 315 valence electrons. The van der Waals surface area contributed by atoms with Gasteiger partial charge in [0.1, 0.15) is 0 Å². The molecular weight excluding hydrogens is 944 g/mol. The topological polar surface area (TPSA) is 54.4 Å². The molecule has 0 aromatic heterocycles. The molecule has 0 saturated heterocycles. The standard InChI is InChI=1S/C32H27P2.C18H15P.CHF3O3S.Ru/c1-5-16-29(17-6-1)33(30-18-7-2-8-19-30)25-27-14-13-15-28(24-27)26-34(31-20-9-3-10-21-31)32-22-11-4-12-23-32;1-4-10-16(11-5-1)19(17-12-6-2-7-13-17)18-14-8-3-9-15-18;2-1(3,4)8(5,6)7;/h1-23H,25-26H2;1-15H;(H,5,6,7);/q-1;;;+1. The van der Waals surface area contributed by atoms with Crippen LogP contribution in [-0.2, 0) is 41.9 Å². The molecule has 0 heterocycles. The molecule has 0 aliphatic heterocycles. The normalized spacial score (nSPS) is 11.1. The molecule has 0 unspecified atom stereocenters. The van der Waals surface area contributed by atoms with Gasteiger partial charge in [0.15, 0.2) is 0 Å². The van der Waals surface area contributed by atoms with Crippen molar-refractivity contribution in [1.29, 1.82) is 0 Å². The Morgan fingerprint density at radius 2 is 0.597 bits per heavy atom. The zero-order chi connectivity index (χ0) is 42.9. The van der Waals surface area contributed by atoms with E-state index in [0.717, 1.165) is 12.3 Å². The maximum Gasteiger partial charge on any atom is 1.00 e. The van der Waals surface area contributed by atoms with Crippen molar-refractivity contribution in [2.24, 2.45) is 0 Å². The molecule has 0 amide bonds. The van der Waals surface area contributed by atoms with Gasteiger partial charge in [0.25, 0.3) is 0 Å². The Balaban J connectivity index is 0.000000217. The minimum absolute atomic E-state index is 0. The van der Waals surface area contributed by atoms with Gasteiger partial charge >= 0.3 is 35.1 Å². The molecule has 8 aromatic rings. The van der Waals surface area contributed by atoms with E-state index >= 15 is 0 Å². The smallest absolute Gasteiger partial charge is 0.279 e. The summed E-state index contributed by atoms with van der Waals surface area (Å²) in [6.07, 6.45) is 2.01. The third-order valence-electron chi connectivity index (χ3n) is 9.18. The maximum atomic E-state index is 10.7. The van der Waals surface area contributed by atoms with Gasteiger partial charge in [-0.3, -0.25) is 4.55 Å². The molecule has 0 aliphatic carbocycles. The fourth-order valence-electron chi connectivity index (χ4n) is 6.37. The van der Waals surface area contributed by atoms with Crippen LogP contribution in [0.15, 0.2) is 231 Å². The predicted molar refractivity (Wildman–Crippen MR) is 254 cm³/mol. The van der Waals surface area contributed by atoms with E-state index in [0.29, 0.717) is 0 Å². The van der Waals surface area contributed by atoms with Crippen LogP contribution in [0, 0.1) is 6.07 Å². The van der Waals surface area contributed by atoms with E-state index in [1.807, 2.05) is 0 Å². The SMILES string of the molecule is O=S(=O)(O)C(F)(F)F.[Ru+].[c-]1c(CP(c2ccccc2)c2ccccc2)cccc1CP(c1ccccc1)c1ccccc1.c1ccc(P(c2ccccc2)c2ccccc2)cc1. The van der Waals surface area contributed by atoms with E-state index in [4.69, 9.17) is 13.0 Å². The van der Waals surface area contributed by atoms with Gasteiger partial charge in [-0.1, -0.05) is 212 Å². The summed E-state index contributed by atoms with van der Waals surface area (Å²) in [6, 6.07) is 86.7. The molecule has 11 heteroatoms. The van der Waals surface area contributed by atoms with Crippen LogP contribution in [0.5, 0.6) is 0 Å². The van der Waals surface area contributed by atoms with Gasteiger partial charge in [-0.2, -0.15) is 57.0 Å². The Morgan fingerprint density at radius 1 is 0.387 bits per heavy atom. The summed E-state index contributed by atoms with van der Waals surface area (Å²) >= 11 is 0. The van der Waals surface area contributed by atoms with Gasteiger partial charge in [-0.05, 0) is 73.2 Å². The van der Waals surface area contributed by atoms with Gasteiger partial charge in [-0.25, -0.2) is 0 Å². The number of rotatable bonds is 11. The number of benzene rings is 8. The van der Waals surface area contributed by atoms with Crippen molar-refractivity contribution in [2.75, 3.05) is 0 Å². The average Bonchev–Trinajstić information content (AvgIpc) is 3.30. The second-order valence-corrected chi connectivity index (χ2v) is 21.5. The second-order valence-electron chi connectivity index (χ2n) is 13.5. The van der Waals surface area contributed by atoms with Crippen molar-refractivity contribution in [3.63, 3.8) is 0 Å². The first-order chi connectivity index (χ1) is 29.6. The number of halogens is 3. The Kier molecular flexibility index (Phi) is 19.0. The molecular formula is C51H43F3O3P3RuS. The Bertz CT molecular complexity index is 2330. The van der Waals surface area contributed by atoms with E-state index in [1.165, 1.54) is 48.3 Å². The van der Waals surface area contributed by atoms with E-state index in [2.05, 4.69) is 237 Å². The van der Waals surface area contributed by atoms with Crippen LogP contribution >= 0.6 is 23.8 Å². The summed E-state index contributed by atoms with van der Waals surface area (Å²) in [5.41, 5.74) is -2.94. The van der Waals surface area contributed by atoms with Crippen LogP contribution in [-0.4, -0.2) is 18.5 Å². The van der Waals surface area contributed by atoms with Crippen LogP contribution in [0.25, 0.3) is 0 Å². The van der Waals surface area contributed by atoms with Crippen LogP contribution < -0.4 is 37.1 Å². The van der Waals surface area contributed by atoms with E-state index < -0.39 is 39.4 Å². The molecule has 1 radical (unpaired) electrons. The zero-order valence-electron chi connectivity index (χ0n) is 33.4.